The highest BCUT2D eigenvalue weighted by molar-refractivity contribution is 5.69. The van der Waals surface area contributed by atoms with E-state index in [0.29, 0.717) is 19.6 Å². The second kappa shape index (κ2) is 7.26. The van der Waals surface area contributed by atoms with Crippen molar-refractivity contribution in [3.63, 3.8) is 0 Å². The molecule has 1 fully saturated rings. The molecule has 1 aromatic carbocycles. The Morgan fingerprint density at radius 1 is 1.32 bits per heavy atom. The monoisotopic (exact) mass is 264 g/mol. The third-order valence-electron chi connectivity index (χ3n) is 3.37. The van der Waals surface area contributed by atoms with Gasteiger partial charge in [-0.3, -0.25) is 4.79 Å². The van der Waals surface area contributed by atoms with Crippen LogP contribution in [0.25, 0.3) is 0 Å². The SMILES string of the molecule is O=C(C[C@@H]1CC[C@@H](CO)OC1)OCc1ccccc1. The van der Waals surface area contributed by atoms with Crippen LogP contribution in [0.5, 0.6) is 0 Å². The lowest BCUT2D eigenvalue weighted by Gasteiger charge is -2.27. The third kappa shape index (κ3) is 4.65. The molecule has 19 heavy (non-hydrogen) atoms. The Hall–Kier alpha value is -1.39. The maximum absolute atomic E-state index is 11.7. The van der Waals surface area contributed by atoms with Crippen molar-refractivity contribution in [2.45, 2.75) is 32.0 Å². The van der Waals surface area contributed by atoms with Crippen molar-refractivity contribution in [3.8, 4) is 0 Å². The normalized spacial score (nSPS) is 23.0. The first kappa shape index (κ1) is 14.0. The van der Waals surface area contributed by atoms with Gasteiger partial charge in [-0.25, -0.2) is 0 Å². The van der Waals surface area contributed by atoms with Crippen LogP contribution in [0.15, 0.2) is 30.3 Å². The molecule has 0 unspecified atom stereocenters. The predicted molar refractivity (Wildman–Crippen MR) is 70.4 cm³/mol. The average molecular weight is 264 g/mol. The summed E-state index contributed by atoms with van der Waals surface area (Å²) in [6, 6.07) is 9.65. The highest BCUT2D eigenvalue weighted by Gasteiger charge is 2.23. The van der Waals surface area contributed by atoms with E-state index in [1.165, 1.54) is 0 Å². The minimum Gasteiger partial charge on any atom is -0.461 e. The molecule has 1 heterocycles. The van der Waals surface area contributed by atoms with E-state index in [-0.39, 0.29) is 24.6 Å². The van der Waals surface area contributed by atoms with Gasteiger partial charge in [0.2, 0.25) is 0 Å². The van der Waals surface area contributed by atoms with Gasteiger partial charge in [0.1, 0.15) is 6.61 Å². The highest BCUT2D eigenvalue weighted by Crippen LogP contribution is 2.22. The first-order chi connectivity index (χ1) is 9.28. The Labute approximate surface area is 113 Å². The number of aliphatic hydroxyl groups is 1. The van der Waals surface area contributed by atoms with Gasteiger partial charge < -0.3 is 14.6 Å². The summed E-state index contributed by atoms with van der Waals surface area (Å²) < 4.78 is 10.7. The number of rotatable bonds is 5. The molecule has 1 aromatic rings. The van der Waals surface area contributed by atoms with Crippen LogP contribution >= 0.6 is 0 Å². The second-order valence-electron chi connectivity index (χ2n) is 4.93. The van der Waals surface area contributed by atoms with Gasteiger partial charge in [-0.05, 0) is 24.3 Å². The molecule has 4 heteroatoms. The molecule has 0 radical (unpaired) electrons. The molecular weight excluding hydrogens is 244 g/mol. The van der Waals surface area contributed by atoms with E-state index in [9.17, 15) is 4.79 Å². The predicted octanol–water partition coefficient (Wildman–Crippen LogP) is 1.91. The number of benzene rings is 1. The van der Waals surface area contributed by atoms with Crippen LogP contribution in [0.1, 0.15) is 24.8 Å². The molecule has 2 rings (SSSR count). The van der Waals surface area contributed by atoms with Gasteiger partial charge in [-0.1, -0.05) is 30.3 Å². The largest absolute Gasteiger partial charge is 0.461 e. The molecule has 1 aliphatic rings. The minimum absolute atomic E-state index is 0.0587. The van der Waals surface area contributed by atoms with E-state index in [0.717, 1.165) is 18.4 Å². The first-order valence-electron chi connectivity index (χ1n) is 6.70. The summed E-state index contributed by atoms with van der Waals surface area (Å²) in [5.74, 6) is 0.0333. The number of hydrogen-bond donors (Lipinski definition) is 1. The lowest BCUT2D eigenvalue weighted by molar-refractivity contribution is -0.148. The lowest BCUT2D eigenvalue weighted by Crippen LogP contribution is -2.29. The maximum atomic E-state index is 11.7. The molecule has 1 N–H and O–H groups in total. The highest BCUT2D eigenvalue weighted by atomic mass is 16.5. The topological polar surface area (TPSA) is 55.8 Å². The Balaban J connectivity index is 1.67. The number of carbonyl (C=O) groups is 1. The van der Waals surface area contributed by atoms with Gasteiger partial charge in [-0.15, -0.1) is 0 Å². The number of ether oxygens (including phenoxy) is 2. The van der Waals surface area contributed by atoms with Crippen LogP contribution in [-0.4, -0.2) is 30.4 Å². The average Bonchev–Trinajstić information content (AvgIpc) is 2.47. The number of carbonyl (C=O) groups excluding carboxylic acids is 1. The van der Waals surface area contributed by atoms with E-state index < -0.39 is 0 Å². The van der Waals surface area contributed by atoms with Crippen molar-refractivity contribution >= 4 is 5.97 Å². The lowest BCUT2D eigenvalue weighted by atomic mass is 9.96. The zero-order chi connectivity index (χ0) is 13.5. The second-order valence-corrected chi connectivity index (χ2v) is 4.93. The van der Waals surface area contributed by atoms with Crippen molar-refractivity contribution in [1.82, 2.24) is 0 Å². The molecule has 1 saturated heterocycles. The van der Waals surface area contributed by atoms with Gasteiger partial charge in [0.25, 0.3) is 0 Å². The van der Waals surface area contributed by atoms with Crippen molar-refractivity contribution < 1.29 is 19.4 Å². The molecule has 0 saturated carbocycles. The fourth-order valence-corrected chi connectivity index (χ4v) is 2.20. The smallest absolute Gasteiger partial charge is 0.306 e. The molecule has 2 atom stereocenters. The fraction of sp³-hybridized carbons (Fsp3) is 0.533. The van der Waals surface area contributed by atoms with E-state index >= 15 is 0 Å². The first-order valence-corrected chi connectivity index (χ1v) is 6.70. The van der Waals surface area contributed by atoms with Crippen LogP contribution in [0.2, 0.25) is 0 Å². The number of aliphatic hydroxyl groups excluding tert-OH is 1. The molecule has 4 nitrogen and oxygen atoms in total. The summed E-state index contributed by atoms with van der Waals surface area (Å²) in [6.07, 6.45) is 2.06. The Kier molecular flexibility index (Phi) is 5.36. The van der Waals surface area contributed by atoms with Gasteiger partial charge in [0.05, 0.1) is 25.7 Å². The van der Waals surface area contributed by atoms with E-state index in [2.05, 4.69) is 0 Å². The zero-order valence-electron chi connectivity index (χ0n) is 11.0. The van der Waals surface area contributed by atoms with Crippen LogP contribution in [0, 0.1) is 5.92 Å². The number of hydrogen-bond acceptors (Lipinski definition) is 4. The Morgan fingerprint density at radius 2 is 2.11 bits per heavy atom. The molecule has 0 aromatic heterocycles. The molecule has 0 amide bonds. The van der Waals surface area contributed by atoms with Gasteiger partial charge in [0, 0.05) is 0 Å². The van der Waals surface area contributed by atoms with Crippen LogP contribution < -0.4 is 0 Å². The van der Waals surface area contributed by atoms with Crippen molar-refractivity contribution in [2.24, 2.45) is 5.92 Å². The van der Waals surface area contributed by atoms with Crippen LogP contribution in [0.3, 0.4) is 0 Å². The molecule has 0 bridgehead atoms. The van der Waals surface area contributed by atoms with E-state index in [4.69, 9.17) is 14.6 Å². The van der Waals surface area contributed by atoms with Crippen LogP contribution in [-0.2, 0) is 20.9 Å². The Bertz CT molecular complexity index is 382. The molecule has 0 aliphatic carbocycles. The maximum Gasteiger partial charge on any atom is 0.306 e. The van der Waals surface area contributed by atoms with Gasteiger partial charge >= 0.3 is 5.97 Å². The summed E-state index contributed by atoms with van der Waals surface area (Å²) >= 11 is 0. The summed E-state index contributed by atoms with van der Waals surface area (Å²) in [4.78, 5) is 11.7. The van der Waals surface area contributed by atoms with Crippen molar-refractivity contribution in [2.75, 3.05) is 13.2 Å². The van der Waals surface area contributed by atoms with Crippen molar-refractivity contribution in [3.05, 3.63) is 35.9 Å². The summed E-state index contributed by atoms with van der Waals surface area (Å²) in [6.45, 7) is 0.920. The van der Waals surface area contributed by atoms with Gasteiger partial charge in [-0.2, -0.15) is 0 Å². The molecule has 104 valence electrons. The summed E-state index contributed by atoms with van der Waals surface area (Å²) in [5.41, 5.74) is 0.996. The summed E-state index contributed by atoms with van der Waals surface area (Å²) in [7, 11) is 0. The quantitative estimate of drug-likeness (QED) is 0.825. The standard InChI is InChI=1S/C15H20O4/c16-9-14-7-6-13(11-18-14)8-15(17)19-10-12-4-2-1-3-5-12/h1-5,13-14,16H,6-11H2/t13-,14-/m0/s1. The fourth-order valence-electron chi connectivity index (χ4n) is 2.20. The van der Waals surface area contributed by atoms with Gasteiger partial charge in [0.15, 0.2) is 0 Å². The Morgan fingerprint density at radius 3 is 2.74 bits per heavy atom. The third-order valence-corrected chi connectivity index (χ3v) is 3.37. The van der Waals surface area contributed by atoms with Crippen LogP contribution in [0.4, 0.5) is 0 Å². The molecule has 1 aliphatic heterocycles. The summed E-state index contributed by atoms with van der Waals surface area (Å²) in [5, 5.41) is 8.95. The zero-order valence-corrected chi connectivity index (χ0v) is 11.0. The minimum atomic E-state index is -0.181. The molecular formula is C15H20O4. The van der Waals surface area contributed by atoms with E-state index in [1.807, 2.05) is 30.3 Å². The number of esters is 1. The molecule has 0 spiro atoms. The van der Waals surface area contributed by atoms with E-state index in [1.54, 1.807) is 0 Å². The van der Waals surface area contributed by atoms with Crippen molar-refractivity contribution in [1.29, 1.82) is 0 Å².